The molecule has 0 aliphatic carbocycles. The molecule has 2 N–H and O–H groups in total. The second-order valence-corrected chi connectivity index (χ2v) is 8.40. The molecule has 160 valence electrons. The number of benzene rings is 3. The number of nitrogens with one attached hydrogen (secondary N) is 2. The van der Waals surface area contributed by atoms with Crippen LogP contribution in [0.4, 0.5) is 5.13 Å². The van der Waals surface area contributed by atoms with Gasteiger partial charge in [0.05, 0.1) is 0 Å². The van der Waals surface area contributed by atoms with Gasteiger partial charge in [0.2, 0.25) is 11.0 Å². The van der Waals surface area contributed by atoms with Crippen molar-refractivity contribution >= 4 is 39.9 Å². The summed E-state index contributed by atoms with van der Waals surface area (Å²) < 4.78 is 0. The van der Waals surface area contributed by atoms with E-state index in [2.05, 4.69) is 20.8 Å². The molecule has 1 atom stereocenters. The smallest absolute Gasteiger partial charge is 0.251 e. The highest BCUT2D eigenvalue weighted by molar-refractivity contribution is 7.18. The third-order valence-corrected chi connectivity index (χ3v) is 5.83. The highest BCUT2D eigenvalue weighted by atomic mass is 35.5. The van der Waals surface area contributed by atoms with Crippen LogP contribution in [0, 0.1) is 0 Å². The van der Waals surface area contributed by atoms with Crippen LogP contribution in [-0.2, 0) is 11.2 Å². The molecule has 0 saturated carbocycles. The summed E-state index contributed by atoms with van der Waals surface area (Å²) >= 11 is 7.18. The topological polar surface area (TPSA) is 84.0 Å². The molecule has 1 aromatic heterocycles. The summed E-state index contributed by atoms with van der Waals surface area (Å²) in [5, 5.41) is 15.4. The molecule has 3 aromatic carbocycles. The van der Waals surface area contributed by atoms with Crippen LogP contribution in [-0.4, -0.2) is 28.1 Å². The van der Waals surface area contributed by atoms with Gasteiger partial charge >= 0.3 is 0 Å². The van der Waals surface area contributed by atoms with E-state index in [1.165, 1.54) is 11.3 Å². The molecule has 32 heavy (non-hydrogen) atoms. The van der Waals surface area contributed by atoms with Crippen molar-refractivity contribution < 1.29 is 9.59 Å². The van der Waals surface area contributed by atoms with E-state index in [0.29, 0.717) is 27.1 Å². The Morgan fingerprint density at radius 3 is 2.22 bits per heavy atom. The van der Waals surface area contributed by atoms with Crippen molar-refractivity contribution in [2.75, 3.05) is 5.32 Å². The molecule has 0 fully saturated rings. The first-order chi connectivity index (χ1) is 15.6. The van der Waals surface area contributed by atoms with Crippen LogP contribution in [0.3, 0.4) is 0 Å². The summed E-state index contributed by atoms with van der Waals surface area (Å²) in [7, 11) is 0. The maximum absolute atomic E-state index is 13.1. The average Bonchev–Trinajstić information content (AvgIpc) is 3.29. The zero-order chi connectivity index (χ0) is 22.3. The Bertz CT molecular complexity index is 1200. The van der Waals surface area contributed by atoms with Crippen molar-refractivity contribution in [3.8, 4) is 10.6 Å². The third kappa shape index (κ3) is 5.57. The first-order valence-electron chi connectivity index (χ1n) is 9.88. The van der Waals surface area contributed by atoms with Crippen LogP contribution in [0.5, 0.6) is 0 Å². The highest BCUT2D eigenvalue weighted by Gasteiger charge is 2.23. The molecule has 1 unspecified atom stereocenters. The summed E-state index contributed by atoms with van der Waals surface area (Å²) in [6.45, 7) is 0. The van der Waals surface area contributed by atoms with E-state index in [-0.39, 0.29) is 11.8 Å². The van der Waals surface area contributed by atoms with Gasteiger partial charge in [0.1, 0.15) is 11.0 Å². The molecule has 0 bridgehead atoms. The zero-order valence-corrected chi connectivity index (χ0v) is 18.4. The van der Waals surface area contributed by atoms with Crippen molar-refractivity contribution in [3.63, 3.8) is 0 Å². The Labute approximate surface area is 194 Å². The Kier molecular flexibility index (Phi) is 6.89. The molecule has 0 spiro atoms. The molecule has 0 saturated heterocycles. The monoisotopic (exact) mass is 462 g/mol. The number of amides is 2. The van der Waals surface area contributed by atoms with Crippen LogP contribution in [0.15, 0.2) is 84.9 Å². The van der Waals surface area contributed by atoms with Gasteiger partial charge in [0.15, 0.2) is 0 Å². The van der Waals surface area contributed by atoms with Crippen LogP contribution in [0.25, 0.3) is 10.6 Å². The minimum Gasteiger partial charge on any atom is -0.340 e. The van der Waals surface area contributed by atoms with Gasteiger partial charge in [-0.05, 0) is 29.8 Å². The minimum absolute atomic E-state index is 0.330. The van der Waals surface area contributed by atoms with E-state index in [4.69, 9.17) is 11.6 Å². The molecular formula is C24H19ClN4O2S. The van der Waals surface area contributed by atoms with Crippen LogP contribution in [0.2, 0.25) is 5.02 Å². The van der Waals surface area contributed by atoms with Gasteiger partial charge < -0.3 is 5.32 Å². The molecule has 0 aliphatic rings. The van der Waals surface area contributed by atoms with Crippen molar-refractivity contribution in [2.24, 2.45) is 0 Å². The van der Waals surface area contributed by atoms with E-state index >= 15 is 0 Å². The molecule has 4 rings (SSSR count). The number of halogens is 1. The Morgan fingerprint density at radius 1 is 0.875 bits per heavy atom. The summed E-state index contributed by atoms with van der Waals surface area (Å²) in [6.07, 6.45) is 0.330. The van der Waals surface area contributed by atoms with E-state index in [1.54, 1.807) is 24.3 Å². The molecule has 8 heteroatoms. The van der Waals surface area contributed by atoms with Gasteiger partial charge in [-0.15, -0.1) is 10.2 Å². The van der Waals surface area contributed by atoms with E-state index < -0.39 is 6.04 Å². The molecule has 2 amide bonds. The van der Waals surface area contributed by atoms with E-state index in [1.807, 2.05) is 60.7 Å². The Hall–Kier alpha value is -3.55. The number of carbonyl (C=O) groups excluding carboxylic acids is 2. The fraction of sp³-hybridized carbons (Fsp3) is 0.0833. The fourth-order valence-electron chi connectivity index (χ4n) is 3.07. The van der Waals surface area contributed by atoms with Crippen molar-refractivity contribution in [3.05, 3.63) is 101 Å². The molecule has 0 aliphatic heterocycles. The number of hydrogen-bond donors (Lipinski definition) is 2. The lowest BCUT2D eigenvalue weighted by Crippen LogP contribution is -2.45. The number of hydrogen-bond acceptors (Lipinski definition) is 5. The van der Waals surface area contributed by atoms with Gasteiger partial charge in [-0.25, -0.2) is 0 Å². The molecular weight excluding hydrogens is 444 g/mol. The van der Waals surface area contributed by atoms with Crippen LogP contribution in [0.1, 0.15) is 15.9 Å². The zero-order valence-electron chi connectivity index (χ0n) is 16.9. The van der Waals surface area contributed by atoms with Crippen molar-refractivity contribution in [1.29, 1.82) is 0 Å². The quantitative estimate of drug-likeness (QED) is 0.411. The second-order valence-electron chi connectivity index (χ2n) is 6.99. The number of aromatic nitrogens is 2. The van der Waals surface area contributed by atoms with Gasteiger partial charge in [-0.1, -0.05) is 83.6 Å². The van der Waals surface area contributed by atoms with Gasteiger partial charge in [0, 0.05) is 22.6 Å². The SMILES string of the molecule is O=C(NC(Cc1ccccc1)C(=O)Nc1nnc(-c2ccccc2)s1)c1ccc(Cl)cc1. The standard InChI is InChI=1S/C24H19ClN4O2S/c25-19-13-11-17(12-14-19)21(30)26-20(15-16-7-3-1-4-8-16)22(31)27-24-29-28-23(32-24)18-9-5-2-6-10-18/h1-14,20H,15H2,(H,26,30)(H,27,29,31). The average molecular weight is 463 g/mol. The number of nitrogens with zero attached hydrogens (tertiary/aromatic N) is 2. The number of carbonyl (C=O) groups is 2. The summed E-state index contributed by atoms with van der Waals surface area (Å²) in [5.74, 6) is -0.730. The Morgan fingerprint density at radius 2 is 1.53 bits per heavy atom. The van der Waals surface area contributed by atoms with Gasteiger partial charge in [-0.3, -0.25) is 14.9 Å². The van der Waals surface area contributed by atoms with Crippen LogP contribution < -0.4 is 10.6 Å². The lowest BCUT2D eigenvalue weighted by molar-refractivity contribution is -0.118. The third-order valence-electron chi connectivity index (χ3n) is 4.69. The lowest BCUT2D eigenvalue weighted by Gasteiger charge is -2.18. The second kappa shape index (κ2) is 10.2. The predicted molar refractivity (Wildman–Crippen MR) is 127 cm³/mol. The van der Waals surface area contributed by atoms with E-state index in [9.17, 15) is 9.59 Å². The molecule has 4 aromatic rings. The van der Waals surface area contributed by atoms with Crippen molar-refractivity contribution in [1.82, 2.24) is 15.5 Å². The van der Waals surface area contributed by atoms with Gasteiger partial charge in [-0.2, -0.15) is 0 Å². The number of anilines is 1. The molecule has 0 radical (unpaired) electrons. The Balaban J connectivity index is 1.51. The summed E-state index contributed by atoms with van der Waals surface area (Å²) in [5.41, 5.74) is 2.26. The minimum atomic E-state index is -0.801. The van der Waals surface area contributed by atoms with E-state index in [0.717, 1.165) is 11.1 Å². The molecule has 1 heterocycles. The summed E-state index contributed by atoms with van der Waals surface area (Å²) in [6, 6.07) is 24.8. The highest BCUT2D eigenvalue weighted by Crippen LogP contribution is 2.26. The first-order valence-corrected chi connectivity index (χ1v) is 11.1. The normalized spacial score (nSPS) is 11.5. The molecule has 6 nitrogen and oxygen atoms in total. The largest absolute Gasteiger partial charge is 0.340 e. The predicted octanol–water partition coefficient (Wildman–Crippen LogP) is 4.84. The van der Waals surface area contributed by atoms with Crippen molar-refractivity contribution in [2.45, 2.75) is 12.5 Å². The van der Waals surface area contributed by atoms with Gasteiger partial charge in [0.25, 0.3) is 5.91 Å². The first kappa shape index (κ1) is 21.7. The maximum Gasteiger partial charge on any atom is 0.251 e. The maximum atomic E-state index is 13.1. The fourth-order valence-corrected chi connectivity index (χ4v) is 3.94. The lowest BCUT2D eigenvalue weighted by atomic mass is 10.0. The van der Waals surface area contributed by atoms with Crippen LogP contribution >= 0.6 is 22.9 Å². The number of rotatable bonds is 7. The summed E-state index contributed by atoms with van der Waals surface area (Å²) in [4.78, 5) is 25.8.